The van der Waals surface area contributed by atoms with Crippen LogP contribution in [0.1, 0.15) is 37.8 Å². The predicted molar refractivity (Wildman–Crippen MR) is 80.0 cm³/mol. The van der Waals surface area contributed by atoms with Crippen LogP contribution in [-0.2, 0) is 9.59 Å². The molecule has 0 aliphatic heterocycles. The van der Waals surface area contributed by atoms with Crippen LogP contribution in [0.5, 0.6) is 0 Å². The number of carboxylic acid groups (broad SMARTS) is 1. The van der Waals surface area contributed by atoms with Gasteiger partial charge in [-0.2, -0.15) is 0 Å². The number of carbonyl (C=O) groups is 2. The third kappa shape index (κ3) is 4.08. The van der Waals surface area contributed by atoms with Gasteiger partial charge in [0.1, 0.15) is 0 Å². The normalized spacial score (nSPS) is 12.0. The van der Waals surface area contributed by atoms with Gasteiger partial charge in [0.05, 0.1) is 5.92 Å². The van der Waals surface area contributed by atoms with Crippen molar-refractivity contribution in [1.29, 1.82) is 0 Å². The number of rotatable bonds is 6. The van der Waals surface area contributed by atoms with Crippen LogP contribution in [-0.4, -0.2) is 23.5 Å². The number of carboxylic acids is 1. The molecule has 0 bridgehead atoms. The number of nitrogens with zero attached hydrogens (tertiary/aromatic N) is 1. The van der Waals surface area contributed by atoms with Crippen molar-refractivity contribution in [3.05, 3.63) is 29.3 Å². The summed E-state index contributed by atoms with van der Waals surface area (Å²) in [5.74, 6) is -1.49. The van der Waals surface area contributed by atoms with Gasteiger partial charge in [0.2, 0.25) is 5.91 Å². The molecule has 1 aromatic carbocycles. The third-order valence-electron chi connectivity index (χ3n) is 3.29. The fraction of sp³-hybridized carbons (Fsp3) is 0.500. The Labute approximate surface area is 120 Å². The van der Waals surface area contributed by atoms with Crippen LogP contribution < -0.4 is 4.90 Å². The van der Waals surface area contributed by atoms with Crippen molar-refractivity contribution in [3.63, 3.8) is 0 Å². The summed E-state index contributed by atoms with van der Waals surface area (Å²) in [4.78, 5) is 24.9. The molecule has 0 spiro atoms. The lowest BCUT2D eigenvalue weighted by molar-refractivity contribution is -0.140. The van der Waals surface area contributed by atoms with Gasteiger partial charge >= 0.3 is 5.97 Å². The van der Waals surface area contributed by atoms with Gasteiger partial charge in [0, 0.05) is 18.7 Å². The molecule has 110 valence electrons. The standard InChI is InChI=1S/C16H23NO3/c1-5-6-15(18)17(10-13(4)16(19)20)14-8-7-11(2)9-12(14)3/h7-9,13H,5-6,10H2,1-4H3,(H,19,20). The quantitative estimate of drug-likeness (QED) is 0.869. The molecule has 0 radical (unpaired) electrons. The van der Waals surface area contributed by atoms with E-state index in [-0.39, 0.29) is 12.5 Å². The molecule has 1 unspecified atom stereocenters. The first-order valence-corrected chi connectivity index (χ1v) is 6.97. The first-order chi connectivity index (χ1) is 9.36. The van der Waals surface area contributed by atoms with E-state index in [1.165, 1.54) is 0 Å². The maximum atomic E-state index is 12.3. The highest BCUT2D eigenvalue weighted by atomic mass is 16.4. The van der Waals surface area contributed by atoms with Crippen LogP contribution in [0, 0.1) is 19.8 Å². The molecule has 1 aromatic rings. The number of anilines is 1. The molecule has 0 fully saturated rings. The summed E-state index contributed by atoms with van der Waals surface area (Å²) < 4.78 is 0. The molecule has 1 N–H and O–H groups in total. The van der Waals surface area contributed by atoms with Gasteiger partial charge in [0.15, 0.2) is 0 Å². The molecule has 0 heterocycles. The molecule has 4 heteroatoms. The molecule has 1 atom stereocenters. The molecule has 1 rings (SSSR count). The number of aliphatic carboxylic acids is 1. The van der Waals surface area contributed by atoms with Crippen molar-refractivity contribution >= 4 is 17.6 Å². The highest BCUT2D eigenvalue weighted by Gasteiger charge is 2.22. The number of carbonyl (C=O) groups excluding carboxylic acids is 1. The minimum Gasteiger partial charge on any atom is -0.481 e. The Morgan fingerprint density at radius 3 is 2.45 bits per heavy atom. The van der Waals surface area contributed by atoms with Crippen LogP contribution in [0.3, 0.4) is 0 Å². The molecular formula is C16H23NO3. The molecule has 1 amide bonds. The minimum atomic E-state index is -0.885. The number of aryl methyl sites for hydroxylation is 2. The van der Waals surface area contributed by atoms with Gasteiger partial charge in [-0.3, -0.25) is 9.59 Å². The van der Waals surface area contributed by atoms with Gasteiger partial charge in [-0.1, -0.05) is 31.5 Å². The van der Waals surface area contributed by atoms with E-state index in [4.69, 9.17) is 5.11 Å². The second kappa shape index (κ2) is 7.08. The molecular weight excluding hydrogens is 254 g/mol. The largest absolute Gasteiger partial charge is 0.481 e. The minimum absolute atomic E-state index is 0.0208. The van der Waals surface area contributed by atoms with E-state index in [0.29, 0.717) is 6.42 Å². The summed E-state index contributed by atoms with van der Waals surface area (Å²) in [6, 6.07) is 5.85. The number of amides is 1. The van der Waals surface area contributed by atoms with Crippen molar-refractivity contribution in [3.8, 4) is 0 Å². The summed E-state index contributed by atoms with van der Waals surface area (Å²) in [6.45, 7) is 7.71. The van der Waals surface area contributed by atoms with Crippen LogP contribution in [0.15, 0.2) is 18.2 Å². The van der Waals surface area contributed by atoms with Crippen molar-refractivity contribution in [2.75, 3.05) is 11.4 Å². The summed E-state index contributed by atoms with van der Waals surface area (Å²) in [7, 11) is 0. The van der Waals surface area contributed by atoms with E-state index in [0.717, 1.165) is 23.2 Å². The summed E-state index contributed by atoms with van der Waals surface area (Å²) >= 11 is 0. The zero-order chi connectivity index (χ0) is 15.3. The Balaban J connectivity index is 3.09. The van der Waals surface area contributed by atoms with Crippen LogP contribution in [0.2, 0.25) is 0 Å². The Kier molecular flexibility index (Phi) is 5.74. The van der Waals surface area contributed by atoms with Crippen molar-refractivity contribution in [2.24, 2.45) is 5.92 Å². The van der Waals surface area contributed by atoms with E-state index in [9.17, 15) is 9.59 Å². The van der Waals surface area contributed by atoms with Crippen molar-refractivity contribution in [2.45, 2.75) is 40.5 Å². The maximum absolute atomic E-state index is 12.3. The highest BCUT2D eigenvalue weighted by Crippen LogP contribution is 2.23. The topological polar surface area (TPSA) is 57.6 Å². The average molecular weight is 277 g/mol. The third-order valence-corrected chi connectivity index (χ3v) is 3.29. The van der Waals surface area contributed by atoms with Crippen molar-refractivity contribution in [1.82, 2.24) is 0 Å². The smallest absolute Gasteiger partial charge is 0.308 e. The fourth-order valence-electron chi connectivity index (χ4n) is 2.14. The Morgan fingerprint density at radius 2 is 1.95 bits per heavy atom. The molecule has 0 saturated heterocycles. The van der Waals surface area contributed by atoms with E-state index in [1.807, 2.05) is 39.0 Å². The van der Waals surface area contributed by atoms with E-state index in [1.54, 1.807) is 11.8 Å². The van der Waals surface area contributed by atoms with Gasteiger partial charge in [-0.15, -0.1) is 0 Å². The Bertz CT molecular complexity index is 496. The van der Waals surface area contributed by atoms with Gasteiger partial charge in [0.25, 0.3) is 0 Å². The van der Waals surface area contributed by atoms with E-state index < -0.39 is 11.9 Å². The number of benzene rings is 1. The maximum Gasteiger partial charge on any atom is 0.308 e. The lowest BCUT2D eigenvalue weighted by atomic mass is 10.1. The summed E-state index contributed by atoms with van der Waals surface area (Å²) in [5.41, 5.74) is 2.93. The molecule has 0 aliphatic carbocycles. The highest BCUT2D eigenvalue weighted by molar-refractivity contribution is 5.94. The molecule has 20 heavy (non-hydrogen) atoms. The van der Waals surface area contributed by atoms with Gasteiger partial charge in [-0.25, -0.2) is 0 Å². The lowest BCUT2D eigenvalue weighted by Crippen LogP contribution is -2.37. The monoisotopic (exact) mass is 277 g/mol. The average Bonchev–Trinajstić information content (AvgIpc) is 2.36. The summed E-state index contributed by atoms with van der Waals surface area (Å²) in [6.07, 6.45) is 1.18. The first-order valence-electron chi connectivity index (χ1n) is 6.97. The SMILES string of the molecule is CCCC(=O)N(CC(C)C(=O)O)c1ccc(C)cc1C. The predicted octanol–water partition coefficient (Wildman–Crippen LogP) is 3.16. The number of hydrogen-bond donors (Lipinski definition) is 1. The second-order valence-electron chi connectivity index (χ2n) is 5.28. The zero-order valence-corrected chi connectivity index (χ0v) is 12.6. The Morgan fingerprint density at radius 1 is 1.30 bits per heavy atom. The van der Waals surface area contributed by atoms with E-state index >= 15 is 0 Å². The first kappa shape index (κ1) is 16.2. The van der Waals surface area contributed by atoms with Crippen LogP contribution in [0.25, 0.3) is 0 Å². The fourth-order valence-corrected chi connectivity index (χ4v) is 2.14. The molecule has 0 aliphatic rings. The lowest BCUT2D eigenvalue weighted by Gasteiger charge is -2.26. The second-order valence-corrected chi connectivity index (χ2v) is 5.28. The van der Waals surface area contributed by atoms with Crippen LogP contribution >= 0.6 is 0 Å². The summed E-state index contributed by atoms with van der Waals surface area (Å²) in [5, 5.41) is 9.06. The molecule has 0 saturated carbocycles. The molecule has 0 aromatic heterocycles. The van der Waals surface area contributed by atoms with Crippen LogP contribution in [0.4, 0.5) is 5.69 Å². The van der Waals surface area contributed by atoms with Gasteiger partial charge < -0.3 is 10.0 Å². The van der Waals surface area contributed by atoms with Gasteiger partial charge in [-0.05, 0) is 31.9 Å². The van der Waals surface area contributed by atoms with E-state index in [2.05, 4.69) is 0 Å². The number of hydrogen-bond acceptors (Lipinski definition) is 2. The Hall–Kier alpha value is -1.84. The zero-order valence-electron chi connectivity index (χ0n) is 12.6. The van der Waals surface area contributed by atoms with Crippen molar-refractivity contribution < 1.29 is 14.7 Å². The molecule has 4 nitrogen and oxygen atoms in total.